The van der Waals surface area contributed by atoms with Gasteiger partial charge in [0.1, 0.15) is 12.4 Å². The fourth-order valence-corrected chi connectivity index (χ4v) is 3.26. The number of carbonyl (C=O) groups excluding carboxylic acids is 1. The van der Waals surface area contributed by atoms with E-state index in [1.165, 1.54) is 11.3 Å². The molecule has 25 heavy (non-hydrogen) atoms. The number of ether oxygens (including phenoxy) is 1. The minimum Gasteiger partial charge on any atom is -0.487 e. The molecule has 0 spiro atoms. The van der Waals surface area contributed by atoms with E-state index < -0.39 is 0 Å². The van der Waals surface area contributed by atoms with Crippen LogP contribution in [-0.4, -0.2) is 15.7 Å². The molecule has 2 heterocycles. The van der Waals surface area contributed by atoms with E-state index in [1.54, 1.807) is 10.7 Å². The van der Waals surface area contributed by atoms with E-state index >= 15 is 0 Å². The molecule has 3 rings (SSSR count). The second-order valence-electron chi connectivity index (χ2n) is 5.48. The molecule has 0 aliphatic heterocycles. The molecule has 7 heteroatoms. The Morgan fingerprint density at radius 3 is 2.92 bits per heavy atom. The number of rotatable bonds is 6. The number of para-hydroxylation sites is 1. The summed E-state index contributed by atoms with van der Waals surface area (Å²) in [5.41, 5.74) is 2.46. The molecule has 0 aliphatic rings. The van der Waals surface area contributed by atoms with Gasteiger partial charge in [0.15, 0.2) is 0 Å². The van der Waals surface area contributed by atoms with Gasteiger partial charge in [0.2, 0.25) is 0 Å². The molecule has 130 valence electrons. The molecule has 0 saturated carbocycles. The van der Waals surface area contributed by atoms with E-state index in [0.29, 0.717) is 22.3 Å². The first-order valence-electron chi connectivity index (χ1n) is 7.87. The number of hydrogen-bond donors (Lipinski definition) is 1. The highest BCUT2D eigenvalue weighted by Crippen LogP contribution is 2.25. The third kappa shape index (κ3) is 4.21. The highest BCUT2D eigenvalue weighted by Gasteiger charge is 2.13. The maximum absolute atomic E-state index is 12.4. The summed E-state index contributed by atoms with van der Waals surface area (Å²) in [7, 11) is 0. The van der Waals surface area contributed by atoms with Gasteiger partial charge in [0.05, 0.1) is 21.3 Å². The maximum Gasteiger partial charge on any atom is 0.265 e. The van der Waals surface area contributed by atoms with Crippen LogP contribution in [0.1, 0.15) is 27.9 Å². The van der Waals surface area contributed by atoms with Gasteiger partial charge in [-0.3, -0.25) is 9.48 Å². The number of thiophene rings is 1. The van der Waals surface area contributed by atoms with Gasteiger partial charge in [-0.15, -0.1) is 11.3 Å². The monoisotopic (exact) mass is 375 g/mol. The van der Waals surface area contributed by atoms with Crippen LogP contribution in [0.25, 0.3) is 0 Å². The molecular weight excluding hydrogens is 358 g/mol. The van der Waals surface area contributed by atoms with Crippen LogP contribution in [-0.2, 0) is 13.2 Å². The Balaban J connectivity index is 1.63. The summed E-state index contributed by atoms with van der Waals surface area (Å²) in [6.07, 6.45) is 1.84. The van der Waals surface area contributed by atoms with Crippen molar-refractivity contribution in [3.8, 4) is 5.75 Å². The van der Waals surface area contributed by atoms with Crippen LogP contribution < -0.4 is 10.1 Å². The van der Waals surface area contributed by atoms with E-state index in [2.05, 4.69) is 10.4 Å². The summed E-state index contributed by atoms with van der Waals surface area (Å²) in [4.78, 5) is 13.0. The molecule has 1 N–H and O–H groups in total. The average molecular weight is 376 g/mol. The van der Waals surface area contributed by atoms with Gasteiger partial charge in [0, 0.05) is 18.3 Å². The Bertz CT molecular complexity index is 888. The third-order valence-electron chi connectivity index (χ3n) is 3.63. The smallest absolute Gasteiger partial charge is 0.265 e. The molecule has 3 aromatic rings. The van der Waals surface area contributed by atoms with Gasteiger partial charge in [-0.2, -0.15) is 5.10 Å². The van der Waals surface area contributed by atoms with Gasteiger partial charge < -0.3 is 10.1 Å². The van der Waals surface area contributed by atoms with Crippen LogP contribution in [0.4, 0.5) is 5.69 Å². The van der Waals surface area contributed by atoms with Gasteiger partial charge in [0.25, 0.3) is 5.91 Å². The van der Waals surface area contributed by atoms with Crippen LogP contribution in [0.2, 0.25) is 5.02 Å². The first kappa shape index (κ1) is 17.5. The Morgan fingerprint density at radius 1 is 1.40 bits per heavy atom. The summed E-state index contributed by atoms with van der Waals surface area (Å²) < 4.78 is 7.49. The maximum atomic E-state index is 12.4. The van der Waals surface area contributed by atoms with Crippen LogP contribution >= 0.6 is 22.9 Å². The van der Waals surface area contributed by atoms with Gasteiger partial charge in [-0.05, 0) is 37.4 Å². The summed E-state index contributed by atoms with van der Waals surface area (Å²) in [6, 6.07) is 9.15. The zero-order valence-corrected chi connectivity index (χ0v) is 15.5. The lowest BCUT2D eigenvalue weighted by atomic mass is 10.3. The van der Waals surface area contributed by atoms with Gasteiger partial charge in [-0.25, -0.2) is 0 Å². The van der Waals surface area contributed by atoms with Crippen molar-refractivity contribution in [3.05, 3.63) is 63.1 Å². The van der Waals surface area contributed by atoms with E-state index in [-0.39, 0.29) is 5.91 Å². The first-order chi connectivity index (χ1) is 12.1. The standard InChI is InChI=1S/C18H18ClN3O2S/c1-3-22-9-15(12(2)21-22)20-18(23)17-8-13(11-25-17)10-24-16-7-5-4-6-14(16)19/h4-9,11H,3,10H2,1-2H3,(H,20,23). The molecule has 1 amide bonds. The lowest BCUT2D eigenvalue weighted by Crippen LogP contribution is -2.10. The fourth-order valence-electron chi connectivity index (χ4n) is 2.28. The number of nitrogens with zero attached hydrogens (tertiary/aromatic N) is 2. The summed E-state index contributed by atoms with van der Waals surface area (Å²) in [5.74, 6) is 0.483. The van der Waals surface area contributed by atoms with Crippen molar-refractivity contribution in [2.75, 3.05) is 5.32 Å². The van der Waals surface area contributed by atoms with Crippen molar-refractivity contribution >= 4 is 34.5 Å². The Kier molecular flexibility index (Phi) is 5.40. The molecule has 2 aromatic heterocycles. The zero-order chi connectivity index (χ0) is 17.8. The van der Waals surface area contributed by atoms with Gasteiger partial charge >= 0.3 is 0 Å². The lowest BCUT2D eigenvalue weighted by molar-refractivity contribution is 0.103. The van der Waals surface area contributed by atoms with Crippen molar-refractivity contribution in [2.24, 2.45) is 0 Å². The summed E-state index contributed by atoms with van der Waals surface area (Å²) >= 11 is 7.45. The number of aryl methyl sites for hydroxylation is 2. The Labute approximate surface area is 155 Å². The van der Waals surface area contributed by atoms with E-state index in [9.17, 15) is 4.79 Å². The molecular formula is C18H18ClN3O2S. The first-order valence-corrected chi connectivity index (χ1v) is 9.12. The number of amides is 1. The number of nitrogens with one attached hydrogen (secondary N) is 1. The van der Waals surface area contributed by atoms with Crippen molar-refractivity contribution in [1.29, 1.82) is 0 Å². The number of halogens is 1. The molecule has 0 saturated heterocycles. The number of aromatic nitrogens is 2. The second-order valence-corrected chi connectivity index (χ2v) is 6.79. The van der Waals surface area contributed by atoms with Crippen molar-refractivity contribution in [2.45, 2.75) is 27.0 Å². The molecule has 0 bridgehead atoms. The zero-order valence-electron chi connectivity index (χ0n) is 14.0. The summed E-state index contributed by atoms with van der Waals surface area (Å²) in [6.45, 7) is 5.00. The predicted octanol–water partition coefficient (Wildman–Crippen LogP) is 4.76. The molecule has 0 aliphatic carbocycles. The molecule has 0 unspecified atom stereocenters. The van der Waals surface area contributed by atoms with Crippen molar-refractivity contribution in [1.82, 2.24) is 9.78 Å². The number of anilines is 1. The average Bonchev–Trinajstić information content (AvgIpc) is 3.21. The van der Waals surface area contributed by atoms with E-state index in [0.717, 1.165) is 23.5 Å². The van der Waals surface area contributed by atoms with Crippen LogP contribution in [0.15, 0.2) is 41.9 Å². The predicted molar refractivity (Wildman–Crippen MR) is 101 cm³/mol. The van der Waals surface area contributed by atoms with Crippen LogP contribution in [0.3, 0.4) is 0 Å². The van der Waals surface area contributed by atoms with Crippen molar-refractivity contribution in [3.63, 3.8) is 0 Å². The molecule has 0 fully saturated rings. The molecule has 0 radical (unpaired) electrons. The number of carbonyl (C=O) groups is 1. The molecule has 0 atom stereocenters. The number of hydrogen-bond acceptors (Lipinski definition) is 4. The largest absolute Gasteiger partial charge is 0.487 e. The quantitative estimate of drug-likeness (QED) is 0.675. The fraction of sp³-hybridized carbons (Fsp3) is 0.222. The Morgan fingerprint density at radius 2 is 2.20 bits per heavy atom. The molecule has 5 nitrogen and oxygen atoms in total. The highest BCUT2D eigenvalue weighted by atomic mass is 35.5. The molecule has 1 aromatic carbocycles. The third-order valence-corrected chi connectivity index (χ3v) is 4.92. The SMILES string of the molecule is CCn1cc(NC(=O)c2cc(COc3ccccc3Cl)cs2)c(C)n1. The second kappa shape index (κ2) is 7.72. The van der Waals surface area contributed by atoms with Crippen molar-refractivity contribution < 1.29 is 9.53 Å². The topological polar surface area (TPSA) is 56.2 Å². The van der Waals surface area contributed by atoms with Crippen LogP contribution in [0.5, 0.6) is 5.75 Å². The summed E-state index contributed by atoms with van der Waals surface area (Å²) in [5, 5.41) is 9.71. The minimum absolute atomic E-state index is 0.146. The highest BCUT2D eigenvalue weighted by molar-refractivity contribution is 7.12. The van der Waals surface area contributed by atoms with Crippen LogP contribution in [0, 0.1) is 6.92 Å². The normalized spacial score (nSPS) is 10.7. The minimum atomic E-state index is -0.146. The van der Waals surface area contributed by atoms with E-state index in [1.807, 2.05) is 49.7 Å². The number of benzene rings is 1. The van der Waals surface area contributed by atoms with Gasteiger partial charge in [-0.1, -0.05) is 23.7 Å². The van der Waals surface area contributed by atoms with E-state index in [4.69, 9.17) is 16.3 Å². The Hall–Kier alpha value is -2.31. The lowest BCUT2D eigenvalue weighted by Gasteiger charge is -2.06.